The summed E-state index contributed by atoms with van der Waals surface area (Å²) in [6, 6.07) is 20.8. The van der Waals surface area contributed by atoms with Gasteiger partial charge in [0.15, 0.2) is 0 Å². The number of aromatic nitrogens is 1. The molecule has 27 heavy (non-hydrogen) atoms. The summed E-state index contributed by atoms with van der Waals surface area (Å²) in [5.41, 5.74) is 8.87. The average molecular weight is 361 g/mol. The number of nitrogens with zero attached hydrogens (tertiary/aromatic N) is 1. The molecule has 2 aromatic carbocycles. The van der Waals surface area contributed by atoms with Crippen molar-refractivity contribution in [1.82, 2.24) is 10.3 Å². The number of ether oxygens (including phenoxy) is 1. The van der Waals surface area contributed by atoms with E-state index in [1.807, 2.05) is 68.4 Å². The molecule has 1 heterocycles. The van der Waals surface area contributed by atoms with Crippen molar-refractivity contribution in [2.75, 3.05) is 0 Å². The molecule has 1 aromatic heterocycles. The Morgan fingerprint density at radius 1 is 0.963 bits per heavy atom. The SMILES string of the molecule is CC(C)NC(=O)c1ccc(Oc2ccc(C(N)c3ccccc3)cc2)nc1. The van der Waals surface area contributed by atoms with Crippen LogP contribution < -0.4 is 15.8 Å². The third kappa shape index (κ3) is 4.92. The molecule has 0 aliphatic rings. The predicted molar refractivity (Wildman–Crippen MR) is 106 cm³/mol. The highest BCUT2D eigenvalue weighted by Crippen LogP contribution is 2.24. The lowest BCUT2D eigenvalue weighted by Crippen LogP contribution is -2.30. The maximum absolute atomic E-state index is 11.9. The average Bonchev–Trinajstić information content (AvgIpc) is 2.69. The van der Waals surface area contributed by atoms with Crippen LogP contribution in [0.1, 0.15) is 41.4 Å². The van der Waals surface area contributed by atoms with Gasteiger partial charge in [0.1, 0.15) is 5.75 Å². The number of carbonyl (C=O) groups is 1. The molecule has 0 spiro atoms. The second-order valence-electron chi connectivity index (χ2n) is 6.57. The van der Waals surface area contributed by atoms with Crippen LogP contribution >= 0.6 is 0 Å². The number of carbonyl (C=O) groups excluding carboxylic acids is 1. The van der Waals surface area contributed by atoms with Crippen LogP contribution in [0, 0.1) is 0 Å². The molecule has 0 aliphatic carbocycles. The Bertz CT molecular complexity index is 876. The molecular weight excluding hydrogens is 338 g/mol. The van der Waals surface area contributed by atoms with E-state index in [1.165, 1.54) is 6.20 Å². The van der Waals surface area contributed by atoms with Gasteiger partial charge in [0.05, 0.1) is 11.6 Å². The molecule has 1 unspecified atom stereocenters. The largest absolute Gasteiger partial charge is 0.439 e. The second-order valence-corrected chi connectivity index (χ2v) is 6.57. The molecule has 0 bridgehead atoms. The Labute approximate surface area is 159 Å². The van der Waals surface area contributed by atoms with E-state index in [9.17, 15) is 4.79 Å². The van der Waals surface area contributed by atoms with E-state index in [2.05, 4.69) is 10.3 Å². The molecular formula is C22H23N3O2. The number of hydrogen-bond acceptors (Lipinski definition) is 4. The van der Waals surface area contributed by atoms with Crippen molar-refractivity contribution in [2.45, 2.75) is 25.9 Å². The standard InChI is InChI=1S/C22H23N3O2/c1-15(2)25-22(26)18-10-13-20(24-14-18)27-19-11-8-17(9-12-19)21(23)16-6-4-3-5-7-16/h3-15,21H,23H2,1-2H3,(H,25,26). The van der Waals surface area contributed by atoms with Crippen molar-refractivity contribution < 1.29 is 9.53 Å². The summed E-state index contributed by atoms with van der Waals surface area (Å²) in [7, 11) is 0. The van der Waals surface area contributed by atoms with Gasteiger partial charge >= 0.3 is 0 Å². The van der Waals surface area contributed by atoms with Gasteiger partial charge < -0.3 is 15.8 Å². The molecule has 5 nitrogen and oxygen atoms in total. The molecule has 0 fully saturated rings. The van der Waals surface area contributed by atoms with Crippen LogP contribution in [-0.4, -0.2) is 16.9 Å². The zero-order valence-corrected chi connectivity index (χ0v) is 15.4. The Hall–Kier alpha value is -3.18. The van der Waals surface area contributed by atoms with Crippen LogP contribution in [0.4, 0.5) is 0 Å². The minimum atomic E-state index is -0.183. The minimum Gasteiger partial charge on any atom is -0.439 e. The summed E-state index contributed by atoms with van der Waals surface area (Å²) in [5.74, 6) is 0.936. The number of hydrogen-bond donors (Lipinski definition) is 2. The van der Waals surface area contributed by atoms with E-state index in [-0.39, 0.29) is 18.0 Å². The van der Waals surface area contributed by atoms with E-state index < -0.39 is 0 Å². The fourth-order valence-electron chi connectivity index (χ4n) is 2.64. The summed E-state index contributed by atoms with van der Waals surface area (Å²) in [5, 5.41) is 2.83. The van der Waals surface area contributed by atoms with Crippen LogP contribution in [0.15, 0.2) is 72.9 Å². The van der Waals surface area contributed by atoms with E-state index in [4.69, 9.17) is 10.5 Å². The zero-order valence-electron chi connectivity index (χ0n) is 15.4. The smallest absolute Gasteiger partial charge is 0.253 e. The van der Waals surface area contributed by atoms with Gasteiger partial charge in [0.2, 0.25) is 5.88 Å². The van der Waals surface area contributed by atoms with Crippen molar-refractivity contribution in [2.24, 2.45) is 5.73 Å². The molecule has 0 saturated carbocycles. The number of nitrogens with two attached hydrogens (primary N) is 1. The van der Waals surface area contributed by atoms with Crippen molar-refractivity contribution in [3.63, 3.8) is 0 Å². The van der Waals surface area contributed by atoms with Crippen LogP contribution in [-0.2, 0) is 0 Å². The van der Waals surface area contributed by atoms with Crippen molar-refractivity contribution in [1.29, 1.82) is 0 Å². The summed E-state index contributed by atoms with van der Waals surface area (Å²) in [4.78, 5) is 16.1. The number of benzene rings is 2. The predicted octanol–water partition coefficient (Wildman–Crippen LogP) is 4.06. The fraction of sp³-hybridized carbons (Fsp3) is 0.182. The second kappa shape index (κ2) is 8.47. The summed E-state index contributed by atoms with van der Waals surface area (Å²) >= 11 is 0. The number of rotatable bonds is 6. The van der Waals surface area contributed by atoms with Crippen LogP contribution in [0.25, 0.3) is 0 Å². The first-order valence-electron chi connectivity index (χ1n) is 8.88. The van der Waals surface area contributed by atoms with Crippen molar-refractivity contribution in [3.05, 3.63) is 89.6 Å². The highest BCUT2D eigenvalue weighted by molar-refractivity contribution is 5.94. The number of pyridine rings is 1. The maximum atomic E-state index is 11.9. The molecule has 3 rings (SSSR count). The highest BCUT2D eigenvalue weighted by atomic mass is 16.5. The van der Waals surface area contributed by atoms with Gasteiger partial charge in [-0.05, 0) is 43.2 Å². The zero-order chi connectivity index (χ0) is 19.2. The third-order valence-corrected chi connectivity index (χ3v) is 4.04. The molecule has 0 saturated heterocycles. The van der Waals surface area contributed by atoms with E-state index in [0.717, 1.165) is 11.1 Å². The van der Waals surface area contributed by atoms with Crippen LogP contribution in [0.2, 0.25) is 0 Å². The number of nitrogens with one attached hydrogen (secondary N) is 1. The number of amides is 1. The van der Waals surface area contributed by atoms with E-state index in [0.29, 0.717) is 17.2 Å². The first-order valence-corrected chi connectivity index (χ1v) is 8.88. The monoisotopic (exact) mass is 361 g/mol. The van der Waals surface area contributed by atoms with E-state index in [1.54, 1.807) is 12.1 Å². The van der Waals surface area contributed by atoms with Gasteiger partial charge in [0, 0.05) is 18.3 Å². The lowest BCUT2D eigenvalue weighted by molar-refractivity contribution is 0.0942. The molecule has 138 valence electrons. The summed E-state index contributed by atoms with van der Waals surface area (Å²) in [6.45, 7) is 3.83. The van der Waals surface area contributed by atoms with Crippen molar-refractivity contribution >= 4 is 5.91 Å². The Morgan fingerprint density at radius 2 is 1.63 bits per heavy atom. The minimum absolute atomic E-state index is 0.0780. The van der Waals surface area contributed by atoms with Crippen LogP contribution in [0.5, 0.6) is 11.6 Å². The van der Waals surface area contributed by atoms with Gasteiger partial charge in [-0.3, -0.25) is 4.79 Å². The lowest BCUT2D eigenvalue weighted by atomic mass is 10.00. The normalized spacial score (nSPS) is 11.9. The molecule has 5 heteroatoms. The molecule has 3 N–H and O–H groups in total. The van der Waals surface area contributed by atoms with E-state index >= 15 is 0 Å². The highest BCUT2D eigenvalue weighted by Gasteiger charge is 2.10. The summed E-state index contributed by atoms with van der Waals surface area (Å²) < 4.78 is 5.75. The third-order valence-electron chi connectivity index (χ3n) is 4.04. The quantitative estimate of drug-likeness (QED) is 0.694. The molecule has 1 atom stereocenters. The van der Waals surface area contributed by atoms with Gasteiger partial charge in [-0.15, -0.1) is 0 Å². The maximum Gasteiger partial charge on any atom is 0.253 e. The lowest BCUT2D eigenvalue weighted by Gasteiger charge is -2.13. The molecule has 0 radical (unpaired) electrons. The first-order chi connectivity index (χ1) is 13.0. The summed E-state index contributed by atoms with van der Waals surface area (Å²) in [6.07, 6.45) is 1.51. The van der Waals surface area contributed by atoms with Gasteiger partial charge in [-0.25, -0.2) is 4.98 Å². The Balaban J connectivity index is 1.65. The van der Waals surface area contributed by atoms with Gasteiger partial charge in [-0.2, -0.15) is 0 Å². The Kier molecular flexibility index (Phi) is 5.84. The van der Waals surface area contributed by atoms with Crippen molar-refractivity contribution in [3.8, 4) is 11.6 Å². The first kappa shape index (κ1) is 18.6. The van der Waals surface area contributed by atoms with Gasteiger partial charge in [-0.1, -0.05) is 42.5 Å². The molecule has 1 amide bonds. The fourth-order valence-corrected chi connectivity index (χ4v) is 2.64. The molecule has 3 aromatic rings. The molecule has 0 aliphatic heterocycles. The topological polar surface area (TPSA) is 77.2 Å². The van der Waals surface area contributed by atoms with Crippen LogP contribution in [0.3, 0.4) is 0 Å². The Morgan fingerprint density at radius 3 is 2.22 bits per heavy atom. The van der Waals surface area contributed by atoms with Gasteiger partial charge in [0.25, 0.3) is 5.91 Å².